The van der Waals surface area contributed by atoms with Crippen molar-refractivity contribution in [3.05, 3.63) is 131 Å². The largest absolute Gasteiger partial charge is 0.350 e. The summed E-state index contributed by atoms with van der Waals surface area (Å²) in [7, 11) is -4.15. The molecule has 4 rings (SSSR count). The van der Waals surface area contributed by atoms with Crippen LogP contribution in [0.1, 0.15) is 37.5 Å². The fraction of sp³-hybridized carbons (Fsp3) is 0.257. The second kappa shape index (κ2) is 14.1. The highest BCUT2D eigenvalue weighted by molar-refractivity contribution is 7.92. The Balaban J connectivity index is 1.82. The number of halogens is 1. The molecule has 0 aliphatic heterocycles. The molecule has 0 bridgehead atoms. The maximum Gasteiger partial charge on any atom is 0.264 e. The van der Waals surface area contributed by atoms with Gasteiger partial charge in [0, 0.05) is 23.5 Å². The summed E-state index contributed by atoms with van der Waals surface area (Å²) < 4.78 is 29.3. The van der Waals surface area contributed by atoms with Crippen LogP contribution < -0.4 is 9.62 Å². The van der Waals surface area contributed by atoms with E-state index in [1.165, 1.54) is 17.0 Å². The molecule has 1 atom stereocenters. The standard InChI is InChI=1S/C35H38ClN3O4S/c1-26-14-11-12-21-31(26)39(44(42,43)30-19-9-6-10-20-30)25-33(40)38(24-28-17-13-18-29(36)22-28)32(34(41)37-35(2,3)4)23-27-15-7-5-8-16-27/h5-22,32H,23-25H2,1-4H3,(H,37,41). The molecule has 230 valence electrons. The molecule has 2 amide bonds. The summed E-state index contributed by atoms with van der Waals surface area (Å²) in [5.74, 6) is -0.872. The Morgan fingerprint density at radius 3 is 2.02 bits per heavy atom. The van der Waals surface area contributed by atoms with Gasteiger partial charge in [-0.05, 0) is 74.7 Å². The Bertz CT molecular complexity index is 1690. The van der Waals surface area contributed by atoms with Crippen molar-refractivity contribution >= 4 is 39.1 Å². The third kappa shape index (κ3) is 8.49. The first-order valence-electron chi connectivity index (χ1n) is 14.4. The van der Waals surface area contributed by atoms with Crippen molar-refractivity contribution in [3.8, 4) is 0 Å². The Kier molecular flexibility index (Phi) is 10.5. The number of anilines is 1. The van der Waals surface area contributed by atoms with Gasteiger partial charge in [-0.2, -0.15) is 0 Å². The summed E-state index contributed by atoms with van der Waals surface area (Å²) in [6.07, 6.45) is 0.227. The second-order valence-corrected chi connectivity index (χ2v) is 14.0. The normalized spacial score (nSPS) is 12.3. The van der Waals surface area contributed by atoms with Gasteiger partial charge in [0.25, 0.3) is 10.0 Å². The van der Waals surface area contributed by atoms with Crippen LogP contribution in [0, 0.1) is 6.92 Å². The number of aryl methyl sites for hydroxylation is 1. The quantitative estimate of drug-likeness (QED) is 0.208. The van der Waals surface area contributed by atoms with Gasteiger partial charge in [-0.1, -0.05) is 90.5 Å². The number of rotatable bonds is 11. The van der Waals surface area contributed by atoms with E-state index >= 15 is 0 Å². The van der Waals surface area contributed by atoms with Crippen LogP contribution in [0.4, 0.5) is 5.69 Å². The average Bonchev–Trinajstić information content (AvgIpc) is 2.98. The maximum absolute atomic E-state index is 14.5. The topological polar surface area (TPSA) is 86.8 Å². The number of nitrogens with one attached hydrogen (secondary N) is 1. The molecule has 0 radical (unpaired) electrons. The molecule has 0 aliphatic rings. The number of para-hydroxylation sites is 1. The van der Waals surface area contributed by atoms with E-state index in [1.54, 1.807) is 61.5 Å². The Hall–Kier alpha value is -4.14. The Morgan fingerprint density at radius 2 is 1.41 bits per heavy atom. The van der Waals surface area contributed by atoms with Crippen LogP contribution in [0.25, 0.3) is 0 Å². The molecule has 9 heteroatoms. The molecule has 0 spiro atoms. The molecule has 0 aliphatic carbocycles. The van der Waals surface area contributed by atoms with Crippen LogP contribution in [0.2, 0.25) is 5.02 Å². The summed E-state index contributed by atoms with van der Waals surface area (Å²) in [4.78, 5) is 30.0. The van der Waals surface area contributed by atoms with Gasteiger partial charge in [-0.15, -0.1) is 0 Å². The number of amides is 2. The number of hydrogen-bond acceptors (Lipinski definition) is 4. The molecular weight excluding hydrogens is 594 g/mol. The zero-order chi connectivity index (χ0) is 31.9. The second-order valence-electron chi connectivity index (χ2n) is 11.7. The molecule has 0 fully saturated rings. The highest BCUT2D eigenvalue weighted by Crippen LogP contribution is 2.28. The van der Waals surface area contributed by atoms with Crippen molar-refractivity contribution in [3.63, 3.8) is 0 Å². The van der Waals surface area contributed by atoms with Crippen LogP contribution in [0.5, 0.6) is 0 Å². The van der Waals surface area contributed by atoms with Gasteiger partial charge < -0.3 is 10.2 Å². The van der Waals surface area contributed by atoms with Crippen LogP contribution in [-0.2, 0) is 32.6 Å². The summed E-state index contributed by atoms with van der Waals surface area (Å²) in [5.41, 5.74) is 2.07. The lowest BCUT2D eigenvalue weighted by Gasteiger charge is -2.35. The van der Waals surface area contributed by atoms with E-state index in [1.807, 2.05) is 63.2 Å². The summed E-state index contributed by atoms with van der Waals surface area (Å²) in [5, 5.41) is 3.52. The predicted molar refractivity (Wildman–Crippen MR) is 176 cm³/mol. The van der Waals surface area contributed by atoms with E-state index in [0.29, 0.717) is 21.8 Å². The van der Waals surface area contributed by atoms with Gasteiger partial charge in [0.05, 0.1) is 10.6 Å². The van der Waals surface area contributed by atoms with E-state index < -0.39 is 34.1 Å². The lowest BCUT2D eigenvalue weighted by Crippen LogP contribution is -2.56. The SMILES string of the molecule is Cc1ccccc1N(CC(=O)N(Cc1cccc(Cl)c1)C(Cc1ccccc1)C(=O)NC(C)(C)C)S(=O)(=O)c1ccccc1. The third-order valence-electron chi connectivity index (χ3n) is 7.01. The van der Waals surface area contributed by atoms with E-state index in [4.69, 9.17) is 11.6 Å². The first kappa shape index (κ1) is 32.8. The third-order valence-corrected chi connectivity index (χ3v) is 9.01. The van der Waals surface area contributed by atoms with Gasteiger partial charge in [0.1, 0.15) is 12.6 Å². The Morgan fingerprint density at radius 1 is 0.818 bits per heavy atom. The summed E-state index contributed by atoms with van der Waals surface area (Å²) in [6, 6.07) is 30.6. The fourth-order valence-corrected chi connectivity index (χ4v) is 6.63. The molecule has 0 aromatic heterocycles. The van der Waals surface area contributed by atoms with Crippen molar-refractivity contribution < 1.29 is 18.0 Å². The molecule has 4 aromatic rings. The highest BCUT2D eigenvalue weighted by Gasteiger charge is 2.36. The van der Waals surface area contributed by atoms with Gasteiger partial charge in [-0.25, -0.2) is 8.42 Å². The van der Waals surface area contributed by atoms with E-state index in [9.17, 15) is 18.0 Å². The van der Waals surface area contributed by atoms with Gasteiger partial charge >= 0.3 is 0 Å². The van der Waals surface area contributed by atoms with Gasteiger partial charge in [0.15, 0.2) is 0 Å². The molecule has 4 aromatic carbocycles. The number of hydrogen-bond donors (Lipinski definition) is 1. The zero-order valence-electron chi connectivity index (χ0n) is 25.4. The highest BCUT2D eigenvalue weighted by atomic mass is 35.5. The zero-order valence-corrected chi connectivity index (χ0v) is 27.0. The predicted octanol–water partition coefficient (Wildman–Crippen LogP) is 6.40. The van der Waals surface area contributed by atoms with Crippen molar-refractivity contribution in [2.75, 3.05) is 10.8 Å². The molecular formula is C35H38ClN3O4S. The van der Waals surface area contributed by atoms with E-state index in [2.05, 4.69) is 5.32 Å². The number of carbonyl (C=O) groups excluding carboxylic acids is 2. The van der Waals surface area contributed by atoms with Crippen LogP contribution in [0.15, 0.2) is 114 Å². The minimum atomic E-state index is -4.15. The molecule has 7 nitrogen and oxygen atoms in total. The molecule has 44 heavy (non-hydrogen) atoms. The lowest BCUT2D eigenvalue weighted by atomic mass is 10.0. The monoisotopic (exact) mass is 631 g/mol. The molecule has 0 saturated carbocycles. The van der Waals surface area contributed by atoms with Gasteiger partial charge in [0.2, 0.25) is 11.8 Å². The first-order chi connectivity index (χ1) is 20.8. The molecule has 1 unspecified atom stereocenters. The fourth-order valence-electron chi connectivity index (χ4n) is 4.92. The molecule has 0 saturated heterocycles. The molecule has 1 N–H and O–H groups in total. The summed E-state index contributed by atoms with van der Waals surface area (Å²) in [6.45, 7) is 6.95. The van der Waals surface area contributed by atoms with Crippen LogP contribution in [-0.4, -0.2) is 43.3 Å². The minimum absolute atomic E-state index is 0.0431. The first-order valence-corrected chi connectivity index (χ1v) is 16.2. The lowest BCUT2D eigenvalue weighted by molar-refractivity contribution is -0.140. The van der Waals surface area contributed by atoms with Crippen molar-refractivity contribution in [2.24, 2.45) is 0 Å². The van der Waals surface area contributed by atoms with Gasteiger partial charge in [-0.3, -0.25) is 13.9 Å². The Labute approximate surface area is 265 Å². The van der Waals surface area contributed by atoms with Crippen molar-refractivity contribution in [1.29, 1.82) is 0 Å². The molecule has 0 heterocycles. The van der Waals surface area contributed by atoms with E-state index in [0.717, 1.165) is 9.87 Å². The van der Waals surface area contributed by atoms with Crippen molar-refractivity contribution in [2.45, 2.75) is 57.1 Å². The number of sulfonamides is 1. The summed E-state index contributed by atoms with van der Waals surface area (Å²) >= 11 is 6.31. The number of nitrogens with zero attached hydrogens (tertiary/aromatic N) is 2. The van der Waals surface area contributed by atoms with Crippen molar-refractivity contribution in [1.82, 2.24) is 10.2 Å². The number of carbonyl (C=O) groups is 2. The van der Waals surface area contributed by atoms with Crippen LogP contribution in [0.3, 0.4) is 0 Å². The van der Waals surface area contributed by atoms with E-state index in [-0.39, 0.29) is 23.8 Å². The van der Waals surface area contributed by atoms with Crippen LogP contribution >= 0.6 is 11.6 Å². The minimum Gasteiger partial charge on any atom is -0.350 e. The smallest absolute Gasteiger partial charge is 0.264 e. The maximum atomic E-state index is 14.5. The number of benzene rings is 4. The average molecular weight is 632 g/mol.